The summed E-state index contributed by atoms with van der Waals surface area (Å²) < 4.78 is 0. The number of nitrogens with zero attached hydrogens (tertiary/aromatic N) is 1. The second-order valence-electron chi connectivity index (χ2n) is 8.31. The standard InChI is InChI=1S/C25H29N3OS/c1-17-13-14-19-15-20(24(29)27-23(19)18(17)2)16-28(22-11-7-4-8-12-22)25(30)26-21-9-5-3-6-10-21/h3,5-6,9-10,13-15,22H,4,7-8,11-12,16H2,1-2H3,(H,26,30)(H,27,29). The number of para-hydroxylation sites is 1. The van der Waals surface area contributed by atoms with Gasteiger partial charge in [-0.3, -0.25) is 4.79 Å². The Labute approximate surface area is 183 Å². The molecule has 0 saturated heterocycles. The molecule has 1 aliphatic rings. The maximum absolute atomic E-state index is 12.9. The van der Waals surface area contributed by atoms with Crippen LogP contribution in [-0.2, 0) is 6.54 Å². The second-order valence-corrected chi connectivity index (χ2v) is 8.70. The van der Waals surface area contributed by atoms with Gasteiger partial charge in [-0.2, -0.15) is 0 Å². The molecule has 0 unspecified atom stereocenters. The minimum atomic E-state index is -0.0282. The van der Waals surface area contributed by atoms with E-state index in [1.807, 2.05) is 36.4 Å². The summed E-state index contributed by atoms with van der Waals surface area (Å²) in [4.78, 5) is 18.3. The lowest BCUT2D eigenvalue weighted by molar-refractivity contribution is 0.240. The molecule has 1 aliphatic carbocycles. The number of pyridine rings is 1. The smallest absolute Gasteiger partial charge is 0.253 e. The Morgan fingerprint density at radius 3 is 2.57 bits per heavy atom. The SMILES string of the molecule is Cc1ccc2cc(CN(C(=S)Nc3ccccc3)C3CCCCC3)c(=O)[nH]c2c1C. The molecular weight excluding hydrogens is 390 g/mol. The molecule has 5 heteroatoms. The van der Waals surface area contributed by atoms with E-state index < -0.39 is 0 Å². The number of hydrogen-bond donors (Lipinski definition) is 2. The lowest BCUT2D eigenvalue weighted by atomic mass is 9.94. The number of nitrogens with one attached hydrogen (secondary N) is 2. The van der Waals surface area contributed by atoms with Crippen LogP contribution in [0.15, 0.2) is 53.3 Å². The molecule has 0 atom stereocenters. The van der Waals surface area contributed by atoms with Crippen LogP contribution in [0.25, 0.3) is 10.9 Å². The Balaban J connectivity index is 1.65. The molecular formula is C25H29N3OS. The van der Waals surface area contributed by atoms with Gasteiger partial charge in [-0.05, 0) is 73.6 Å². The number of hydrogen-bond acceptors (Lipinski definition) is 2. The van der Waals surface area contributed by atoms with Crippen molar-refractivity contribution >= 4 is 33.9 Å². The molecule has 0 aliphatic heterocycles. The fraction of sp³-hybridized carbons (Fsp3) is 0.360. The monoisotopic (exact) mass is 419 g/mol. The Morgan fingerprint density at radius 1 is 1.10 bits per heavy atom. The van der Waals surface area contributed by atoms with Gasteiger partial charge in [0.2, 0.25) is 0 Å². The lowest BCUT2D eigenvalue weighted by Gasteiger charge is -2.36. The Bertz CT molecular complexity index is 1100. The maximum atomic E-state index is 12.9. The summed E-state index contributed by atoms with van der Waals surface area (Å²) in [6.45, 7) is 4.64. The Kier molecular flexibility index (Phi) is 6.18. The van der Waals surface area contributed by atoms with Gasteiger partial charge in [-0.15, -0.1) is 0 Å². The number of rotatable bonds is 4. The first-order chi connectivity index (χ1) is 14.5. The van der Waals surface area contributed by atoms with Crippen LogP contribution in [0, 0.1) is 13.8 Å². The quantitative estimate of drug-likeness (QED) is 0.535. The minimum Gasteiger partial charge on any atom is -0.342 e. The van der Waals surface area contributed by atoms with Crippen molar-refractivity contribution in [2.75, 3.05) is 5.32 Å². The molecule has 30 heavy (non-hydrogen) atoms. The van der Waals surface area contributed by atoms with Crippen molar-refractivity contribution in [3.8, 4) is 0 Å². The topological polar surface area (TPSA) is 48.1 Å². The molecule has 0 bridgehead atoms. The normalized spacial score (nSPS) is 14.6. The van der Waals surface area contributed by atoms with Crippen LogP contribution in [0.3, 0.4) is 0 Å². The van der Waals surface area contributed by atoms with Crippen molar-refractivity contribution in [3.05, 3.63) is 75.6 Å². The van der Waals surface area contributed by atoms with E-state index in [0.29, 0.717) is 17.7 Å². The predicted octanol–water partition coefficient (Wildman–Crippen LogP) is 5.68. The first-order valence-corrected chi connectivity index (χ1v) is 11.2. The highest BCUT2D eigenvalue weighted by Crippen LogP contribution is 2.26. The van der Waals surface area contributed by atoms with Gasteiger partial charge in [0.15, 0.2) is 5.11 Å². The third kappa shape index (κ3) is 4.41. The van der Waals surface area contributed by atoms with E-state index >= 15 is 0 Å². The van der Waals surface area contributed by atoms with Gasteiger partial charge >= 0.3 is 0 Å². The van der Waals surface area contributed by atoms with Gasteiger partial charge < -0.3 is 15.2 Å². The number of fused-ring (bicyclic) bond motifs is 1. The predicted molar refractivity (Wildman–Crippen MR) is 129 cm³/mol. The number of H-pyrrole nitrogens is 1. The van der Waals surface area contributed by atoms with Crippen LogP contribution >= 0.6 is 12.2 Å². The van der Waals surface area contributed by atoms with Crippen molar-refractivity contribution < 1.29 is 0 Å². The minimum absolute atomic E-state index is 0.0282. The zero-order valence-electron chi connectivity index (χ0n) is 17.7. The van der Waals surface area contributed by atoms with Crippen LogP contribution in [0.5, 0.6) is 0 Å². The third-order valence-corrected chi connectivity index (χ3v) is 6.61. The summed E-state index contributed by atoms with van der Waals surface area (Å²) in [6.07, 6.45) is 5.92. The number of thiocarbonyl (C=S) groups is 1. The summed E-state index contributed by atoms with van der Waals surface area (Å²) in [5.74, 6) is 0. The van der Waals surface area contributed by atoms with Gasteiger partial charge in [0.25, 0.3) is 5.56 Å². The highest BCUT2D eigenvalue weighted by Gasteiger charge is 2.24. The van der Waals surface area contributed by atoms with E-state index in [1.54, 1.807) is 0 Å². The summed E-state index contributed by atoms with van der Waals surface area (Å²) in [7, 11) is 0. The van der Waals surface area contributed by atoms with E-state index in [2.05, 4.69) is 41.2 Å². The largest absolute Gasteiger partial charge is 0.342 e. The average molecular weight is 420 g/mol. The summed E-state index contributed by atoms with van der Waals surface area (Å²) in [6, 6.07) is 16.6. The van der Waals surface area contributed by atoms with E-state index in [4.69, 9.17) is 12.2 Å². The first kappa shape index (κ1) is 20.6. The number of aromatic nitrogens is 1. The lowest BCUT2D eigenvalue weighted by Crippen LogP contribution is -2.44. The molecule has 4 rings (SSSR count). The molecule has 156 valence electrons. The van der Waals surface area contributed by atoms with Crippen LogP contribution in [-0.4, -0.2) is 21.0 Å². The van der Waals surface area contributed by atoms with E-state index in [9.17, 15) is 4.79 Å². The zero-order valence-corrected chi connectivity index (χ0v) is 18.5. The Hall–Kier alpha value is -2.66. The van der Waals surface area contributed by atoms with Crippen LogP contribution in [0.2, 0.25) is 0 Å². The molecule has 3 aromatic rings. The second kappa shape index (κ2) is 9.00. The van der Waals surface area contributed by atoms with Crippen molar-refractivity contribution in [2.45, 2.75) is 58.5 Å². The van der Waals surface area contributed by atoms with Gasteiger partial charge in [0, 0.05) is 17.3 Å². The molecule has 2 N–H and O–H groups in total. The van der Waals surface area contributed by atoms with E-state index in [-0.39, 0.29) is 5.56 Å². The molecule has 0 radical (unpaired) electrons. The van der Waals surface area contributed by atoms with Gasteiger partial charge in [0.1, 0.15) is 0 Å². The number of benzene rings is 2. The highest BCUT2D eigenvalue weighted by atomic mass is 32.1. The van der Waals surface area contributed by atoms with E-state index in [0.717, 1.165) is 40.6 Å². The fourth-order valence-corrected chi connectivity index (χ4v) is 4.68. The molecule has 0 amide bonds. The fourth-order valence-electron chi connectivity index (χ4n) is 4.35. The van der Waals surface area contributed by atoms with Crippen molar-refractivity contribution in [1.29, 1.82) is 0 Å². The average Bonchev–Trinajstić information content (AvgIpc) is 2.76. The number of aromatic amines is 1. The van der Waals surface area contributed by atoms with Crippen molar-refractivity contribution in [2.24, 2.45) is 0 Å². The molecule has 0 spiro atoms. The number of anilines is 1. The third-order valence-electron chi connectivity index (χ3n) is 6.27. The maximum Gasteiger partial charge on any atom is 0.253 e. The summed E-state index contributed by atoms with van der Waals surface area (Å²) >= 11 is 5.82. The molecule has 1 saturated carbocycles. The molecule has 4 nitrogen and oxygen atoms in total. The van der Waals surface area contributed by atoms with Gasteiger partial charge in [0.05, 0.1) is 12.1 Å². The number of aryl methyl sites for hydroxylation is 2. The zero-order chi connectivity index (χ0) is 21.1. The Morgan fingerprint density at radius 2 is 1.83 bits per heavy atom. The van der Waals surface area contributed by atoms with Gasteiger partial charge in [-0.25, -0.2) is 0 Å². The van der Waals surface area contributed by atoms with Gasteiger partial charge in [-0.1, -0.05) is 49.6 Å². The van der Waals surface area contributed by atoms with Crippen molar-refractivity contribution in [1.82, 2.24) is 9.88 Å². The summed E-state index contributed by atoms with van der Waals surface area (Å²) in [5, 5.41) is 5.13. The van der Waals surface area contributed by atoms with Crippen molar-refractivity contribution in [3.63, 3.8) is 0 Å². The van der Waals surface area contributed by atoms with Crippen LogP contribution in [0.4, 0.5) is 5.69 Å². The molecule has 1 fully saturated rings. The van der Waals surface area contributed by atoms with Crippen LogP contribution in [0.1, 0.15) is 48.8 Å². The highest BCUT2D eigenvalue weighted by molar-refractivity contribution is 7.80. The van der Waals surface area contributed by atoms with Crippen LogP contribution < -0.4 is 10.9 Å². The van der Waals surface area contributed by atoms with E-state index in [1.165, 1.54) is 24.8 Å². The molecule has 1 heterocycles. The molecule has 1 aromatic heterocycles. The molecule has 2 aromatic carbocycles. The first-order valence-electron chi connectivity index (χ1n) is 10.8. The summed E-state index contributed by atoms with van der Waals surface area (Å²) in [5.41, 5.74) is 4.94.